The summed E-state index contributed by atoms with van der Waals surface area (Å²) in [6, 6.07) is 9.69. The number of carbonyl (C=O) groups is 2. The zero-order valence-electron chi connectivity index (χ0n) is 17.3. The molecule has 0 saturated heterocycles. The number of amides is 1. The van der Waals surface area contributed by atoms with Gasteiger partial charge < -0.3 is 15.0 Å². The van der Waals surface area contributed by atoms with Gasteiger partial charge in [0.25, 0.3) is 5.91 Å². The zero-order chi connectivity index (χ0) is 21.1. The second-order valence-electron chi connectivity index (χ2n) is 7.15. The molecule has 6 nitrogen and oxygen atoms in total. The zero-order valence-corrected chi connectivity index (χ0v) is 18.1. The number of aromatic nitrogens is 1. The van der Waals surface area contributed by atoms with E-state index < -0.39 is 0 Å². The SMILES string of the molecule is COc1ccc([C@H](CNC(=O)c2sc3ncc(C(C)=O)cc3c2C)N(C)C)cc1. The third kappa shape index (κ3) is 4.46. The number of hydrogen-bond donors (Lipinski definition) is 1. The van der Waals surface area contributed by atoms with Gasteiger partial charge in [-0.1, -0.05) is 12.1 Å². The molecule has 1 amide bonds. The molecule has 1 N–H and O–H groups in total. The quantitative estimate of drug-likeness (QED) is 0.598. The Balaban J connectivity index is 1.79. The van der Waals surface area contributed by atoms with Gasteiger partial charge in [0.15, 0.2) is 5.78 Å². The number of ether oxygens (including phenoxy) is 1. The van der Waals surface area contributed by atoms with E-state index in [0.717, 1.165) is 27.1 Å². The molecule has 0 aliphatic rings. The Morgan fingerprint density at radius 1 is 1.24 bits per heavy atom. The highest BCUT2D eigenvalue weighted by Crippen LogP contribution is 2.30. The Bertz CT molecular complexity index is 1040. The summed E-state index contributed by atoms with van der Waals surface area (Å²) >= 11 is 1.35. The summed E-state index contributed by atoms with van der Waals surface area (Å²) < 4.78 is 5.22. The van der Waals surface area contributed by atoms with Gasteiger partial charge in [-0.15, -0.1) is 11.3 Å². The predicted molar refractivity (Wildman–Crippen MR) is 116 cm³/mol. The van der Waals surface area contributed by atoms with E-state index >= 15 is 0 Å². The topological polar surface area (TPSA) is 71.5 Å². The van der Waals surface area contributed by atoms with Gasteiger partial charge in [0.1, 0.15) is 10.6 Å². The number of rotatable bonds is 7. The summed E-state index contributed by atoms with van der Waals surface area (Å²) in [6.45, 7) is 3.88. The lowest BCUT2D eigenvalue weighted by Gasteiger charge is -2.25. The molecule has 1 aromatic carbocycles. The van der Waals surface area contributed by atoms with Crippen LogP contribution in [-0.4, -0.2) is 49.3 Å². The van der Waals surface area contributed by atoms with Crippen LogP contribution < -0.4 is 10.1 Å². The molecule has 0 aliphatic carbocycles. The van der Waals surface area contributed by atoms with Crippen LogP contribution in [0.1, 0.15) is 44.1 Å². The van der Waals surface area contributed by atoms with Crippen LogP contribution in [0.2, 0.25) is 0 Å². The molecular formula is C22H25N3O3S. The minimum absolute atomic E-state index is 0.0296. The van der Waals surface area contributed by atoms with Crippen molar-refractivity contribution >= 4 is 33.2 Å². The van der Waals surface area contributed by atoms with Gasteiger partial charge in [0.05, 0.1) is 18.0 Å². The lowest BCUT2D eigenvalue weighted by molar-refractivity contribution is 0.0944. The van der Waals surface area contributed by atoms with Crippen LogP contribution in [-0.2, 0) is 0 Å². The molecule has 0 saturated carbocycles. The molecule has 152 valence electrons. The van der Waals surface area contributed by atoms with Crippen molar-refractivity contribution in [2.75, 3.05) is 27.7 Å². The molecule has 2 heterocycles. The maximum Gasteiger partial charge on any atom is 0.261 e. The third-order valence-corrected chi connectivity index (χ3v) is 6.20. The summed E-state index contributed by atoms with van der Waals surface area (Å²) in [6.07, 6.45) is 1.56. The summed E-state index contributed by atoms with van der Waals surface area (Å²) in [5.41, 5.74) is 2.50. The molecular weight excluding hydrogens is 386 g/mol. The maximum absolute atomic E-state index is 12.9. The fourth-order valence-electron chi connectivity index (χ4n) is 3.20. The van der Waals surface area contributed by atoms with E-state index in [0.29, 0.717) is 17.0 Å². The highest BCUT2D eigenvalue weighted by molar-refractivity contribution is 7.20. The van der Waals surface area contributed by atoms with Gasteiger partial charge in [0, 0.05) is 23.7 Å². The molecule has 1 atom stereocenters. The number of thiophene rings is 1. The first-order valence-corrected chi connectivity index (χ1v) is 10.1. The molecule has 0 bridgehead atoms. The number of nitrogens with zero attached hydrogens (tertiary/aromatic N) is 2. The minimum Gasteiger partial charge on any atom is -0.497 e. The van der Waals surface area contributed by atoms with Crippen LogP contribution in [0.3, 0.4) is 0 Å². The van der Waals surface area contributed by atoms with Crippen LogP contribution in [0.4, 0.5) is 0 Å². The standard InChI is InChI=1S/C22H25N3O3S/c1-13-18-10-16(14(2)26)11-24-22(18)29-20(13)21(27)23-12-19(25(3)4)15-6-8-17(28-5)9-7-15/h6-11,19H,12H2,1-5H3,(H,23,27)/t19-/m0/s1. The van der Waals surface area contributed by atoms with Crippen molar-refractivity contribution in [3.63, 3.8) is 0 Å². The number of pyridine rings is 1. The number of fused-ring (bicyclic) bond motifs is 1. The molecule has 0 aliphatic heterocycles. The summed E-state index contributed by atoms with van der Waals surface area (Å²) in [4.78, 5) is 32.3. The second-order valence-corrected chi connectivity index (χ2v) is 8.15. The third-order valence-electron chi connectivity index (χ3n) is 4.99. The van der Waals surface area contributed by atoms with Gasteiger partial charge >= 0.3 is 0 Å². The molecule has 0 fully saturated rings. The fraction of sp³-hybridized carbons (Fsp3) is 0.318. The van der Waals surface area contributed by atoms with E-state index in [4.69, 9.17) is 4.74 Å². The second kappa shape index (κ2) is 8.71. The number of nitrogens with one attached hydrogen (secondary N) is 1. The number of carbonyl (C=O) groups excluding carboxylic acids is 2. The number of Topliss-reactive ketones (excluding diaryl/α,β-unsaturated/α-hetero) is 1. The highest BCUT2D eigenvalue weighted by Gasteiger charge is 2.20. The van der Waals surface area contributed by atoms with Crippen molar-refractivity contribution in [3.8, 4) is 5.75 Å². The lowest BCUT2D eigenvalue weighted by atomic mass is 10.1. The van der Waals surface area contributed by atoms with Crippen LogP contribution >= 0.6 is 11.3 Å². The average Bonchev–Trinajstić information content (AvgIpc) is 3.04. The van der Waals surface area contributed by atoms with Crippen molar-refractivity contribution in [3.05, 3.63) is 58.1 Å². The summed E-state index contributed by atoms with van der Waals surface area (Å²) in [5, 5.41) is 3.90. The number of benzene rings is 1. The molecule has 0 unspecified atom stereocenters. The molecule has 3 aromatic rings. The Morgan fingerprint density at radius 3 is 2.52 bits per heavy atom. The van der Waals surface area contributed by atoms with E-state index in [1.165, 1.54) is 18.3 Å². The van der Waals surface area contributed by atoms with Crippen molar-refractivity contribution in [1.29, 1.82) is 0 Å². The van der Waals surface area contributed by atoms with E-state index in [1.54, 1.807) is 13.3 Å². The monoisotopic (exact) mass is 411 g/mol. The maximum atomic E-state index is 12.9. The Morgan fingerprint density at radius 2 is 1.93 bits per heavy atom. The van der Waals surface area contributed by atoms with Crippen LogP contribution in [0.5, 0.6) is 5.75 Å². The van der Waals surface area contributed by atoms with E-state index in [1.807, 2.05) is 51.4 Å². The minimum atomic E-state index is -0.129. The molecule has 3 rings (SSSR count). The Hall–Kier alpha value is -2.77. The van der Waals surface area contributed by atoms with Gasteiger partial charge in [-0.25, -0.2) is 4.98 Å². The fourth-order valence-corrected chi connectivity index (χ4v) is 4.25. The predicted octanol–water partition coefficient (Wildman–Crippen LogP) is 3.85. The van der Waals surface area contributed by atoms with Crippen LogP contribution in [0.25, 0.3) is 10.2 Å². The first-order valence-electron chi connectivity index (χ1n) is 9.30. The molecule has 0 spiro atoms. The molecule has 2 aromatic heterocycles. The number of ketones is 1. The normalized spacial score (nSPS) is 12.2. The van der Waals surface area contributed by atoms with Crippen LogP contribution in [0, 0.1) is 6.92 Å². The summed E-state index contributed by atoms with van der Waals surface area (Å²) in [5.74, 6) is 0.633. The Labute approximate surface area is 174 Å². The smallest absolute Gasteiger partial charge is 0.261 e. The van der Waals surface area contributed by atoms with Crippen LogP contribution in [0.15, 0.2) is 36.5 Å². The largest absolute Gasteiger partial charge is 0.497 e. The van der Waals surface area contributed by atoms with E-state index in [9.17, 15) is 9.59 Å². The summed E-state index contributed by atoms with van der Waals surface area (Å²) in [7, 11) is 5.61. The van der Waals surface area contributed by atoms with E-state index in [2.05, 4.69) is 15.2 Å². The number of hydrogen-bond acceptors (Lipinski definition) is 6. The molecule has 7 heteroatoms. The first kappa shape index (κ1) is 21.0. The molecule has 0 radical (unpaired) electrons. The van der Waals surface area contributed by atoms with E-state index in [-0.39, 0.29) is 17.7 Å². The van der Waals surface area contributed by atoms with Gasteiger partial charge in [-0.3, -0.25) is 9.59 Å². The average molecular weight is 412 g/mol. The molecule has 29 heavy (non-hydrogen) atoms. The first-order chi connectivity index (χ1) is 13.8. The Kier molecular flexibility index (Phi) is 6.30. The van der Waals surface area contributed by atoms with Crippen molar-refractivity contribution < 1.29 is 14.3 Å². The number of likely N-dealkylation sites (N-methyl/N-ethyl adjacent to an activating group) is 1. The highest BCUT2D eigenvalue weighted by atomic mass is 32.1. The van der Waals surface area contributed by atoms with Gasteiger partial charge in [-0.05, 0) is 57.3 Å². The van der Waals surface area contributed by atoms with Crippen molar-refractivity contribution in [2.45, 2.75) is 19.9 Å². The van der Waals surface area contributed by atoms with Crippen molar-refractivity contribution in [2.24, 2.45) is 0 Å². The van der Waals surface area contributed by atoms with Gasteiger partial charge in [0.2, 0.25) is 0 Å². The van der Waals surface area contributed by atoms with Crippen molar-refractivity contribution in [1.82, 2.24) is 15.2 Å². The number of aryl methyl sites for hydroxylation is 1. The number of methoxy groups -OCH3 is 1. The van der Waals surface area contributed by atoms with Gasteiger partial charge in [-0.2, -0.15) is 0 Å². The lowest BCUT2D eigenvalue weighted by Crippen LogP contribution is -2.34.